The maximum Gasteiger partial charge on any atom is 0.407 e. The molecule has 4 aliphatic rings. The number of aromatic amines is 2. The number of carbonyl (C=O) groups is 3. The number of piperidine rings is 1. The van der Waals surface area contributed by atoms with E-state index in [1.54, 1.807) is 0 Å². The molecule has 2 aromatic heterocycles. The van der Waals surface area contributed by atoms with Gasteiger partial charge in [0.25, 0.3) is 0 Å². The highest BCUT2D eigenvalue weighted by molar-refractivity contribution is 6.33. The Morgan fingerprint density at radius 3 is 1.72 bits per heavy atom. The highest BCUT2D eigenvalue weighted by Crippen LogP contribution is 2.49. The molecule has 68 heavy (non-hydrogen) atoms. The van der Waals surface area contributed by atoms with Gasteiger partial charge < -0.3 is 49.7 Å². The predicted octanol–water partition coefficient (Wildman–Crippen LogP) is 10.2. The van der Waals surface area contributed by atoms with E-state index in [0.29, 0.717) is 6.54 Å². The van der Waals surface area contributed by atoms with Crippen LogP contribution in [0.25, 0.3) is 22.1 Å². The number of nitrogens with zero attached hydrogens (tertiary/aromatic N) is 6. The van der Waals surface area contributed by atoms with Gasteiger partial charge in [-0.2, -0.15) is 0 Å². The number of imidazole rings is 2. The van der Waals surface area contributed by atoms with Gasteiger partial charge in [0.1, 0.15) is 17.7 Å². The second-order valence-corrected chi connectivity index (χ2v) is 20.2. The fourth-order valence-corrected chi connectivity index (χ4v) is 11.6. The molecule has 6 heterocycles. The van der Waals surface area contributed by atoms with Gasteiger partial charge in [0, 0.05) is 37.6 Å². The molecular formula is C52H67ClN10O5. The van der Waals surface area contributed by atoms with E-state index in [2.05, 4.69) is 110 Å². The molecule has 0 radical (unpaired) electrons. The first-order valence-electron chi connectivity index (χ1n) is 24.6. The van der Waals surface area contributed by atoms with Crippen molar-refractivity contribution in [2.24, 2.45) is 11.8 Å². The topological polar surface area (TPSA) is 164 Å². The van der Waals surface area contributed by atoms with Gasteiger partial charge in [-0.05, 0) is 123 Å². The van der Waals surface area contributed by atoms with E-state index in [1.807, 2.05) is 18.7 Å². The van der Waals surface area contributed by atoms with Crippen LogP contribution < -0.4 is 20.4 Å². The molecule has 362 valence electrons. The van der Waals surface area contributed by atoms with Crippen LogP contribution in [0.3, 0.4) is 0 Å². The Bertz CT molecular complexity index is 2510. The van der Waals surface area contributed by atoms with Crippen molar-refractivity contribution in [3.05, 3.63) is 94.7 Å². The number of fused-ring (bicyclic) bond motifs is 2. The molecule has 5 aromatic rings. The molecule has 4 N–H and O–H groups in total. The average molecular weight is 948 g/mol. The minimum absolute atomic E-state index is 0.00204. The van der Waals surface area contributed by atoms with Crippen molar-refractivity contribution in [2.75, 3.05) is 50.2 Å². The second-order valence-electron chi connectivity index (χ2n) is 19.7. The van der Waals surface area contributed by atoms with E-state index in [0.717, 1.165) is 120 Å². The van der Waals surface area contributed by atoms with Crippen LogP contribution in [0.15, 0.2) is 66.9 Å². The summed E-state index contributed by atoms with van der Waals surface area (Å²) in [5.74, 6) is 1.51. The number of nitrogens with one attached hydrogen (secondary N) is 4. The van der Waals surface area contributed by atoms with Crippen molar-refractivity contribution in [1.82, 2.24) is 40.4 Å². The maximum absolute atomic E-state index is 13.9. The van der Waals surface area contributed by atoms with Crippen LogP contribution in [0.5, 0.6) is 0 Å². The van der Waals surface area contributed by atoms with Gasteiger partial charge in [-0.25, -0.2) is 19.6 Å². The SMILES string of the molecule is C=C([C@@H](NC(=O)OC)C(C)C)N1CCC[C@H]1c1nc2cc([C@H]3CC[C@H](c4ccc5[nH]c([C@@H]6CCCN6C(=O)[C@@H](NC(=O)OC)C(C)C)nc5c4)N3c3ccc(N4CCCCC4)c(Cl)c3)ccc2[nH]1. The van der Waals surface area contributed by atoms with E-state index in [-0.39, 0.29) is 48.0 Å². The van der Waals surface area contributed by atoms with E-state index < -0.39 is 18.2 Å². The summed E-state index contributed by atoms with van der Waals surface area (Å²) in [6.45, 7) is 15.9. The molecule has 16 heteroatoms. The lowest BCUT2D eigenvalue weighted by atomic mass is 10.00. The molecule has 0 unspecified atom stereocenters. The Hall–Kier alpha value is -5.96. The number of amides is 3. The Labute approximate surface area is 404 Å². The molecule has 15 nitrogen and oxygen atoms in total. The summed E-state index contributed by atoms with van der Waals surface area (Å²) < 4.78 is 9.80. The van der Waals surface area contributed by atoms with Gasteiger partial charge in [0.15, 0.2) is 0 Å². The molecule has 3 aromatic carbocycles. The number of hydrogen-bond donors (Lipinski definition) is 4. The minimum Gasteiger partial charge on any atom is -0.453 e. The molecular weight excluding hydrogens is 880 g/mol. The lowest BCUT2D eigenvalue weighted by Gasteiger charge is -2.35. The van der Waals surface area contributed by atoms with Crippen LogP contribution in [0, 0.1) is 11.8 Å². The zero-order chi connectivity index (χ0) is 47.8. The summed E-state index contributed by atoms with van der Waals surface area (Å²) in [6.07, 6.45) is 7.85. The van der Waals surface area contributed by atoms with Crippen molar-refractivity contribution < 1.29 is 23.9 Å². The lowest BCUT2D eigenvalue weighted by molar-refractivity contribution is -0.135. The van der Waals surface area contributed by atoms with Crippen molar-refractivity contribution in [2.45, 2.75) is 122 Å². The third-order valence-electron chi connectivity index (χ3n) is 14.8. The van der Waals surface area contributed by atoms with Gasteiger partial charge in [0.05, 0.1) is 77.2 Å². The number of hydrogen-bond acceptors (Lipinski definition) is 10. The molecule has 6 atom stereocenters. The van der Waals surface area contributed by atoms with Crippen LogP contribution in [0.4, 0.5) is 21.0 Å². The number of aromatic nitrogens is 4. The van der Waals surface area contributed by atoms with E-state index in [4.69, 9.17) is 31.0 Å². The number of methoxy groups -OCH3 is 2. The summed E-state index contributed by atoms with van der Waals surface area (Å²) in [5.41, 5.74) is 8.99. The smallest absolute Gasteiger partial charge is 0.407 e. The van der Waals surface area contributed by atoms with Crippen molar-refractivity contribution in [3.63, 3.8) is 0 Å². The van der Waals surface area contributed by atoms with E-state index in [1.165, 1.54) is 39.0 Å². The van der Waals surface area contributed by atoms with Crippen molar-refractivity contribution >= 4 is 63.1 Å². The number of H-pyrrole nitrogens is 2. The van der Waals surface area contributed by atoms with Crippen LogP contribution in [-0.4, -0.2) is 100 Å². The Balaban J connectivity index is 1.02. The number of alkyl carbamates (subject to hydrolysis) is 2. The molecule has 0 bridgehead atoms. The summed E-state index contributed by atoms with van der Waals surface area (Å²) in [6, 6.07) is 18.6. The molecule has 4 aliphatic heterocycles. The van der Waals surface area contributed by atoms with E-state index in [9.17, 15) is 14.4 Å². The quantitative estimate of drug-likeness (QED) is 0.0893. The van der Waals surface area contributed by atoms with Crippen LogP contribution in [0.2, 0.25) is 5.02 Å². The summed E-state index contributed by atoms with van der Waals surface area (Å²) in [4.78, 5) is 65.2. The minimum atomic E-state index is -0.706. The van der Waals surface area contributed by atoms with Crippen LogP contribution in [-0.2, 0) is 14.3 Å². The highest BCUT2D eigenvalue weighted by atomic mass is 35.5. The van der Waals surface area contributed by atoms with Crippen molar-refractivity contribution in [1.29, 1.82) is 0 Å². The van der Waals surface area contributed by atoms with Crippen LogP contribution >= 0.6 is 11.6 Å². The average Bonchev–Trinajstić information content (AvgIpc) is 4.20. The highest BCUT2D eigenvalue weighted by Gasteiger charge is 2.40. The second kappa shape index (κ2) is 19.9. The standard InChI is InChI=1S/C52H67ClN10O5/c1-30(2)46(58-51(65)67-6)32(5)61-25-11-13-44(61)48-54-37-18-15-33(27-39(37)56-48)41-21-22-42(63(41)35-17-20-43(36(53)29-35)60-23-9-8-10-24-60)34-16-19-38-40(28-34)57-49(55-38)45-14-12-26-62(45)50(64)47(31(3)4)59-52(66)68-7/h15-20,27-31,41-42,44-47H,5,8-14,21-26H2,1-4,6-7H3,(H,54,56)(H,55,57)(H,58,65)(H,59,66)/t41-,42-,44+,45+,46+,47+/m1/s1. The zero-order valence-electron chi connectivity index (χ0n) is 40.3. The van der Waals surface area contributed by atoms with Gasteiger partial charge in [-0.15, -0.1) is 0 Å². The molecule has 4 saturated heterocycles. The normalized spacial score (nSPS) is 21.8. The first-order chi connectivity index (χ1) is 32.8. The number of anilines is 2. The molecule has 9 rings (SSSR count). The number of halogens is 1. The zero-order valence-corrected chi connectivity index (χ0v) is 41.1. The lowest BCUT2D eigenvalue weighted by Crippen LogP contribution is -2.51. The third kappa shape index (κ3) is 9.30. The first kappa shape index (κ1) is 47.1. The summed E-state index contributed by atoms with van der Waals surface area (Å²) in [7, 11) is 2.69. The number of rotatable bonds is 13. The molecule has 0 spiro atoms. The number of ether oxygens (including phenoxy) is 2. The number of likely N-dealkylation sites (tertiary alicyclic amines) is 2. The van der Waals surface area contributed by atoms with Gasteiger partial charge in [-0.1, -0.05) is 58.0 Å². The Morgan fingerprint density at radius 2 is 1.19 bits per heavy atom. The largest absolute Gasteiger partial charge is 0.453 e. The predicted molar refractivity (Wildman–Crippen MR) is 267 cm³/mol. The molecule has 4 fully saturated rings. The van der Waals surface area contributed by atoms with E-state index >= 15 is 0 Å². The first-order valence-corrected chi connectivity index (χ1v) is 25.0. The molecule has 0 saturated carbocycles. The summed E-state index contributed by atoms with van der Waals surface area (Å²) in [5, 5.41) is 6.51. The van der Waals surface area contributed by atoms with Gasteiger partial charge in [-0.3, -0.25) is 4.79 Å². The van der Waals surface area contributed by atoms with Crippen molar-refractivity contribution in [3.8, 4) is 0 Å². The fraction of sp³-hybridized carbons (Fsp3) is 0.519. The van der Waals surface area contributed by atoms with Crippen LogP contribution in [0.1, 0.15) is 132 Å². The summed E-state index contributed by atoms with van der Waals surface area (Å²) >= 11 is 7.23. The third-order valence-corrected chi connectivity index (χ3v) is 15.1. The maximum atomic E-state index is 13.9. The number of carbonyl (C=O) groups excluding carboxylic acids is 3. The molecule has 3 amide bonds. The van der Waals surface area contributed by atoms with Gasteiger partial charge >= 0.3 is 12.2 Å². The Morgan fingerprint density at radius 1 is 0.662 bits per heavy atom. The monoisotopic (exact) mass is 946 g/mol. The molecule has 0 aliphatic carbocycles. The Kier molecular flexibility index (Phi) is 13.8. The number of benzene rings is 3. The fourth-order valence-electron chi connectivity index (χ4n) is 11.3. The van der Waals surface area contributed by atoms with Gasteiger partial charge in [0.2, 0.25) is 5.91 Å².